The van der Waals surface area contributed by atoms with Crippen LogP contribution in [-0.4, -0.2) is 23.2 Å². The summed E-state index contributed by atoms with van der Waals surface area (Å²) < 4.78 is 11.7. The van der Waals surface area contributed by atoms with E-state index >= 15 is 0 Å². The second kappa shape index (κ2) is 5.04. The molecule has 1 heterocycles. The number of hydrogen-bond donors (Lipinski definition) is 1. The van der Waals surface area contributed by atoms with Crippen molar-refractivity contribution >= 4 is 5.95 Å². The Morgan fingerprint density at radius 1 is 1.62 bits per heavy atom. The quantitative estimate of drug-likeness (QED) is 0.705. The number of halogens is 1. The molecule has 0 spiro atoms. The number of nitrogens with zero attached hydrogens (tertiary/aromatic N) is 3. The lowest BCUT2D eigenvalue weighted by Gasteiger charge is -2.01. The minimum Gasteiger partial charge on any atom is -0.354 e. The van der Waals surface area contributed by atoms with Gasteiger partial charge >= 0.3 is 0 Å². The van der Waals surface area contributed by atoms with Gasteiger partial charge in [-0.15, -0.1) is 0 Å². The van der Waals surface area contributed by atoms with E-state index in [1.165, 1.54) is 12.3 Å². The van der Waals surface area contributed by atoms with E-state index in [1.54, 1.807) is 0 Å². The van der Waals surface area contributed by atoms with E-state index < -0.39 is 0 Å². The highest BCUT2D eigenvalue weighted by Gasteiger charge is 1.96. The second-order valence-corrected chi connectivity index (χ2v) is 2.35. The summed E-state index contributed by atoms with van der Waals surface area (Å²) in [7, 11) is 0. The highest BCUT2D eigenvalue weighted by atomic mass is 19.1. The van der Waals surface area contributed by atoms with Gasteiger partial charge in [0.25, 0.3) is 0 Å². The number of nitrogens with one attached hydrogen (secondary N) is 1. The maximum absolute atomic E-state index is 11.7. The molecular weight excluding hydrogens is 171 g/mol. The first-order valence-corrected chi connectivity index (χ1v) is 3.90. The van der Waals surface area contributed by atoms with Gasteiger partial charge in [-0.1, -0.05) is 0 Å². The van der Waals surface area contributed by atoms with E-state index in [0.717, 1.165) is 0 Å². The SMILES string of the molecule is N#Cc1ccnc(NCCCF)n1. The predicted octanol–water partition coefficient (Wildman–Crippen LogP) is 1.12. The van der Waals surface area contributed by atoms with E-state index in [-0.39, 0.29) is 6.67 Å². The summed E-state index contributed by atoms with van der Waals surface area (Å²) in [5, 5.41) is 11.3. The zero-order valence-electron chi connectivity index (χ0n) is 7.00. The van der Waals surface area contributed by atoms with Crippen molar-refractivity contribution in [3.8, 4) is 6.07 Å². The van der Waals surface area contributed by atoms with Crippen molar-refractivity contribution in [2.75, 3.05) is 18.5 Å². The van der Waals surface area contributed by atoms with Crippen molar-refractivity contribution in [2.24, 2.45) is 0 Å². The molecule has 1 aromatic rings. The van der Waals surface area contributed by atoms with Crippen molar-refractivity contribution in [3.05, 3.63) is 18.0 Å². The third-order valence-electron chi connectivity index (χ3n) is 1.36. The van der Waals surface area contributed by atoms with Crippen molar-refractivity contribution < 1.29 is 4.39 Å². The number of hydrogen-bond acceptors (Lipinski definition) is 4. The standard InChI is InChI=1S/C8H9FN4/c9-3-1-4-11-8-12-5-2-7(6-10)13-8/h2,5H,1,3-4H2,(H,11,12,13). The average Bonchev–Trinajstić information content (AvgIpc) is 2.19. The fourth-order valence-electron chi connectivity index (χ4n) is 0.773. The van der Waals surface area contributed by atoms with Gasteiger partial charge in [-0.3, -0.25) is 4.39 Å². The maximum Gasteiger partial charge on any atom is 0.223 e. The average molecular weight is 180 g/mol. The number of aromatic nitrogens is 2. The number of anilines is 1. The van der Waals surface area contributed by atoms with Crippen molar-refractivity contribution in [2.45, 2.75) is 6.42 Å². The Balaban J connectivity index is 2.52. The fourth-order valence-corrected chi connectivity index (χ4v) is 0.773. The smallest absolute Gasteiger partial charge is 0.223 e. The first-order valence-electron chi connectivity index (χ1n) is 3.90. The van der Waals surface area contributed by atoms with E-state index in [9.17, 15) is 4.39 Å². The van der Waals surface area contributed by atoms with Crippen LogP contribution in [0, 0.1) is 11.3 Å². The van der Waals surface area contributed by atoms with Gasteiger partial charge in [0.15, 0.2) is 0 Å². The van der Waals surface area contributed by atoms with Gasteiger partial charge in [0.05, 0.1) is 6.67 Å². The molecular formula is C8H9FN4. The number of rotatable bonds is 4. The van der Waals surface area contributed by atoms with Crippen LogP contribution >= 0.6 is 0 Å². The van der Waals surface area contributed by atoms with Crippen LogP contribution in [0.4, 0.5) is 10.3 Å². The summed E-state index contributed by atoms with van der Waals surface area (Å²) in [4.78, 5) is 7.72. The van der Waals surface area contributed by atoms with Gasteiger partial charge < -0.3 is 5.32 Å². The molecule has 0 saturated heterocycles. The minimum atomic E-state index is -0.370. The molecule has 4 nitrogen and oxygen atoms in total. The Labute approximate surface area is 75.4 Å². The fraction of sp³-hybridized carbons (Fsp3) is 0.375. The van der Waals surface area contributed by atoms with Crippen LogP contribution in [0.2, 0.25) is 0 Å². The summed E-state index contributed by atoms with van der Waals surface area (Å²) in [5.74, 6) is 0.368. The van der Waals surface area contributed by atoms with Gasteiger partial charge in [0.2, 0.25) is 5.95 Å². The van der Waals surface area contributed by atoms with Crippen LogP contribution in [-0.2, 0) is 0 Å². The van der Waals surface area contributed by atoms with E-state index in [1.807, 2.05) is 6.07 Å². The molecule has 0 unspecified atom stereocenters. The molecule has 0 amide bonds. The largest absolute Gasteiger partial charge is 0.354 e. The Bertz CT molecular complexity index is 307. The molecule has 0 atom stereocenters. The van der Waals surface area contributed by atoms with Crippen molar-refractivity contribution in [1.82, 2.24) is 9.97 Å². The van der Waals surface area contributed by atoms with Gasteiger partial charge in [-0.25, -0.2) is 9.97 Å². The molecule has 68 valence electrons. The number of nitriles is 1. The third-order valence-corrected chi connectivity index (χ3v) is 1.36. The van der Waals surface area contributed by atoms with Crippen LogP contribution in [0.5, 0.6) is 0 Å². The Morgan fingerprint density at radius 3 is 3.15 bits per heavy atom. The lowest BCUT2D eigenvalue weighted by molar-refractivity contribution is 0.481. The maximum atomic E-state index is 11.7. The van der Waals surface area contributed by atoms with Gasteiger partial charge in [-0.2, -0.15) is 5.26 Å². The van der Waals surface area contributed by atoms with Gasteiger partial charge in [-0.05, 0) is 12.5 Å². The Kier molecular flexibility index (Phi) is 3.64. The number of alkyl halides is 1. The summed E-state index contributed by atoms with van der Waals surface area (Å²) in [5.41, 5.74) is 0.303. The summed E-state index contributed by atoms with van der Waals surface area (Å²) >= 11 is 0. The molecule has 1 N–H and O–H groups in total. The van der Waals surface area contributed by atoms with Crippen LogP contribution in [0.25, 0.3) is 0 Å². The molecule has 0 aromatic carbocycles. The summed E-state index contributed by atoms with van der Waals surface area (Å²) in [6.07, 6.45) is 1.91. The van der Waals surface area contributed by atoms with Crippen LogP contribution < -0.4 is 5.32 Å². The van der Waals surface area contributed by atoms with Crippen LogP contribution in [0.1, 0.15) is 12.1 Å². The molecule has 1 aromatic heterocycles. The Morgan fingerprint density at radius 2 is 2.46 bits per heavy atom. The zero-order valence-corrected chi connectivity index (χ0v) is 7.00. The monoisotopic (exact) mass is 180 g/mol. The highest BCUT2D eigenvalue weighted by Crippen LogP contribution is 1.98. The lowest BCUT2D eigenvalue weighted by Crippen LogP contribution is -2.06. The van der Waals surface area contributed by atoms with Crippen molar-refractivity contribution in [3.63, 3.8) is 0 Å². The molecule has 0 bridgehead atoms. The van der Waals surface area contributed by atoms with Crippen LogP contribution in [0.3, 0.4) is 0 Å². The Hall–Kier alpha value is -1.70. The first kappa shape index (κ1) is 9.39. The zero-order chi connectivity index (χ0) is 9.52. The predicted molar refractivity (Wildman–Crippen MR) is 45.8 cm³/mol. The molecule has 0 aliphatic rings. The first-order chi connectivity index (χ1) is 6.36. The molecule has 0 aliphatic heterocycles. The molecule has 0 fully saturated rings. The molecule has 0 aliphatic carbocycles. The van der Waals surface area contributed by atoms with Crippen molar-refractivity contribution in [1.29, 1.82) is 5.26 Å². The van der Waals surface area contributed by atoms with Crippen LogP contribution in [0.15, 0.2) is 12.3 Å². The normalized spacial score (nSPS) is 9.23. The topological polar surface area (TPSA) is 61.6 Å². The molecule has 0 radical (unpaired) electrons. The third kappa shape index (κ3) is 3.03. The van der Waals surface area contributed by atoms with Gasteiger partial charge in [0.1, 0.15) is 11.8 Å². The lowest BCUT2D eigenvalue weighted by atomic mass is 10.4. The van der Waals surface area contributed by atoms with E-state index in [0.29, 0.717) is 24.6 Å². The van der Waals surface area contributed by atoms with E-state index in [2.05, 4.69) is 15.3 Å². The second-order valence-electron chi connectivity index (χ2n) is 2.35. The van der Waals surface area contributed by atoms with Gasteiger partial charge in [0, 0.05) is 12.7 Å². The highest BCUT2D eigenvalue weighted by molar-refractivity contribution is 5.29. The minimum absolute atomic E-state index is 0.303. The molecule has 1 rings (SSSR count). The molecule has 0 saturated carbocycles. The molecule has 13 heavy (non-hydrogen) atoms. The summed E-state index contributed by atoms with van der Waals surface area (Å²) in [6, 6.07) is 3.41. The van der Waals surface area contributed by atoms with E-state index in [4.69, 9.17) is 5.26 Å². The summed E-state index contributed by atoms with van der Waals surface area (Å²) in [6.45, 7) is 0.107. The molecule has 5 heteroatoms.